The minimum Gasteiger partial charge on any atom is -0.497 e. The lowest BCUT2D eigenvalue weighted by Gasteiger charge is -2.25. The van der Waals surface area contributed by atoms with Crippen molar-refractivity contribution in [2.75, 3.05) is 19.0 Å². The van der Waals surface area contributed by atoms with E-state index >= 15 is 0 Å². The summed E-state index contributed by atoms with van der Waals surface area (Å²) >= 11 is 6.02. The predicted octanol–water partition coefficient (Wildman–Crippen LogP) is 3.91. The molecule has 0 atom stereocenters. The molecule has 27 heavy (non-hydrogen) atoms. The van der Waals surface area contributed by atoms with Gasteiger partial charge in [-0.1, -0.05) is 23.7 Å². The number of hydrogen-bond acceptors (Lipinski definition) is 4. The van der Waals surface area contributed by atoms with Gasteiger partial charge in [-0.25, -0.2) is 4.79 Å². The summed E-state index contributed by atoms with van der Waals surface area (Å²) in [7, 11) is 1.57. The van der Waals surface area contributed by atoms with E-state index in [0.29, 0.717) is 23.0 Å². The highest BCUT2D eigenvalue weighted by Gasteiger charge is 2.16. The fourth-order valence-corrected chi connectivity index (χ4v) is 2.69. The molecule has 0 saturated heterocycles. The molecule has 0 aliphatic heterocycles. The van der Waals surface area contributed by atoms with Crippen molar-refractivity contribution < 1.29 is 14.3 Å². The first-order valence-electron chi connectivity index (χ1n) is 8.60. The standard InChI is InChI=1S/C20H24ClN3O3/c1-14(2)24(12-15-5-4-6-16(21)11-15)13-19(25)23-20(26)22-17-7-9-18(27-3)10-8-17/h4-11,14H,12-13H2,1-3H3,(H2,22,23,25,26). The van der Waals surface area contributed by atoms with Crippen LogP contribution in [0.5, 0.6) is 5.75 Å². The molecule has 2 aromatic carbocycles. The van der Waals surface area contributed by atoms with Gasteiger partial charge in [0.2, 0.25) is 5.91 Å². The first kappa shape index (κ1) is 20.7. The molecule has 3 amide bonds. The molecule has 0 bridgehead atoms. The summed E-state index contributed by atoms with van der Waals surface area (Å²) in [6.07, 6.45) is 0. The Balaban J connectivity index is 1.89. The molecule has 2 aromatic rings. The SMILES string of the molecule is COc1ccc(NC(=O)NC(=O)CN(Cc2cccc(Cl)c2)C(C)C)cc1. The number of hydrogen-bond donors (Lipinski definition) is 2. The third-order valence-corrected chi connectivity index (χ3v) is 4.19. The molecule has 0 saturated carbocycles. The van der Waals surface area contributed by atoms with Gasteiger partial charge in [-0.15, -0.1) is 0 Å². The third kappa shape index (κ3) is 6.92. The maximum Gasteiger partial charge on any atom is 0.325 e. The molecule has 0 fully saturated rings. The molecular formula is C20H24ClN3O3. The number of nitrogens with one attached hydrogen (secondary N) is 2. The summed E-state index contributed by atoms with van der Waals surface area (Å²) in [4.78, 5) is 26.2. The van der Waals surface area contributed by atoms with Crippen molar-refractivity contribution in [1.29, 1.82) is 0 Å². The maximum atomic E-state index is 12.3. The fourth-order valence-electron chi connectivity index (χ4n) is 2.48. The lowest BCUT2D eigenvalue weighted by Crippen LogP contribution is -2.43. The Morgan fingerprint density at radius 2 is 1.85 bits per heavy atom. The van der Waals surface area contributed by atoms with Crippen LogP contribution in [0, 0.1) is 0 Å². The molecule has 0 aromatic heterocycles. The fraction of sp³-hybridized carbons (Fsp3) is 0.300. The van der Waals surface area contributed by atoms with Crippen LogP contribution in [0.1, 0.15) is 19.4 Å². The number of anilines is 1. The van der Waals surface area contributed by atoms with Gasteiger partial charge in [-0.2, -0.15) is 0 Å². The molecule has 6 nitrogen and oxygen atoms in total. The summed E-state index contributed by atoms with van der Waals surface area (Å²) in [5, 5.41) is 5.63. The van der Waals surface area contributed by atoms with E-state index in [1.165, 1.54) is 0 Å². The molecule has 0 unspecified atom stereocenters. The monoisotopic (exact) mass is 389 g/mol. The highest BCUT2D eigenvalue weighted by atomic mass is 35.5. The largest absolute Gasteiger partial charge is 0.497 e. The lowest BCUT2D eigenvalue weighted by atomic mass is 10.2. The van der Waals surface area contributed by atoms with Crippen molar-refractivity contribution in [1.82, 2.24) is 10.2 Å². The maximum absolute atomic E-state index is 12.3. The highest BCUT2D eigenvalue weighted by Crippen LogP contribution is 2.15. The Morgan fingerprint density at radius 3 is 2.44 bits per heavy atom. The van der Waals surface area contributed by atoms with Crippen molar-refractivity contribution in [3.05, 3.63) is 59.1 Å². The second-order valence-corrected chi connectivity index (χ2v) is 6.80. The van der Waals surface area contributed by atoms with E-state index in [4.69, 9.17) is 16.3 Å². The van der Waals surface area contributed by atoms with Gasteiger partial charge in [0.1, 0.15) is 5.75 Å². The van der Waals surface area contributed by atoms with E-state index in [9.17, 15) is 9.59 Å². The molecule has 7 heteroatoms. The molecule has 2 rings (SSSR count). The van der Waals surface area contributed by atoms with Gasteiger partial charge in [-0.05, 0) is 55.8 Å². The number of imide groups is 1. The number of carbonyl (C=O) groups is 2. The van der Waals surface area contributed by atoms with Gasteiger partial charge in [-0.3, -0.25) is 15.0 Å². The average Bonchev–Trinajstić information content (AvgIpc) is 2.61. The van der Waals surface area contributed by atoms with Crippen LogP contribution in [0.15, 0.2) is 48.5 Å². The molecule has 0 aliphatic carbocycles. The molecule has 0 spiro atoms. The van der Waals surface area contributed by atoms with Crippen LogP contribution in [0.25, 0.3) is 0 Å². The van der Waals surface area contributed by atoms with Gasteiger partial charge >= 0.3 is 6.03 Å². The highest BCUT2D eigenvalue weighted by molar-refractivity contribution is 6.30. The normalized spacial score (nSPS) is 10.7. The van der Waals surface area contributed by atoms with E-state index < -0.39 is 6.03 Å². The molecule has 0 aliphatic rings. The Labute approximate surface area is 164 Å². The molecule has 0 radical (unpaired) electrons. The molecule has 2 N–H and O–H groups in total. The number of ether oxygens (including phenoxy) is 1. The lowest BCUT2D eigenvalue weighted by molar-refractivity contribution is -0.121. The third-order valence-electron chi connectivity index (χ3n) is 3.95. The number of carbonyl (C=O) groups excluding carboxylic acids is 2. The zero-order valence-corrected chi connectivity index (χ0v) is 16.4. The average molecular weight is 390 g/mol. The van der Waals surface area contributed by atoms with E-state index in [1.54, 1.807) is 37.4 Å². The van der Waals surface area contributed by atoms with E-state index in [1.807, 2.05) is 36.9 Å². The number of benzene rings is 2. The van der Waals surface area contributed by atoms with Crippen LogP contribution in [0.4, 0.5) is 10.5 Å². The number of urea groups is 1. The Kier molecular flexibility index (Phi) is 7.64. The van der Waals surface area contributed by atoms with Gasteiger partial charge < -0.3 is 10.1 Å². The van der Waals surface area contributed by atoms with Gasteiger partial charge in [0.15, 0.2) is 0 Å². The summed E-state index contributed by atoms with van der Waals surface area (Å²) in [6.45, 7) is 4.65. The minimum absolute atomic E-state index is 0.0974. The van der Waals surface area contributed by atoms with Gasteiger partial charge in [0, 0.05) is 23.3 Å². The van der Waals surface area contributed by atoms with Crippen molar-refractivity contribution in [3.8, 4) is 5.75 Å². The van der Waals surface area contributed by atoms with E-state index in [0.717, 1.165) is 5.56 Å². The Morgan fingerprint density at radius 1 is 1.15 bits per heavy atom. The zero-order valence-electron chi connectivity index (χ0n) is 15.7. The van der Waals surface area contributed by atoms with Crippen molar-refractivity contribution in [2.45, 2.75) is 26.4 Å². The molecule has 144 valence electrons. The predicted molar refractivity (Wildman–Crippen MR) is 107 cm³/mol. The summed E-state index contributed by atoms with van der Waals surface area (Å²) in [5.41, 5.74) is 1.58. The van der Waals surface area contributed by atoms with Crippen molar-refractivity contribution in [3.63, 3.8) is 0 Å². The number of nitrogens with zero attached hydrogens (tertiary/aromatic N) is 1. The Bertz CT molecular complexity index is 778. The van der Waals surface area contributed by atoms with Crippen LogP contribution in [-0.2, 0) is 11.3 Å². The number of amides is 3. The first-order chi connectivity index (χ1) is 12.9. The molecular weight excluding hydrogens is 366 g/mol. The summed E-state index contributed by atoms with van der Waals surface area (Å²) in [5.74, 6) is 0.308. The van der Waals surface area contributed by atoms with Crippen LogP contribution < -0.4 is 15.4 Å². The van der Waals surface area contributed by atoms with Crippen molar-refractivity contribution in [2.24, 2.45) is 0 Å². The topological polar surface area (TPSA) is 70.7 Å². The van der Waals surface area contributed by atoms with Crippen LogP contribution in [-0.4, -0.2) is 36.5 Å². The second kappa shape index (κ2) is 9.94. The number of halogens is 1. The minimum atomic E-state index is -0.573. The second-order valence-electron chi connectivity index (χ2n) is 6.36. The Hall–Kier alpha value is -2.57. The zero-order chi connectivity index (χ0) is 19.8. The van der Waals surface area contributed by atoms with E-state index in [2.05, 4.69) is 10.6 Å². The first-order valence-corrected chi connectivity index (χ1v) is 8.98. The molecule has 0 heterocycles. The number of methoxy groups -OCH3 is 1. The summed E-state index contributed by atoms with van der Waals surface area (Å²) < 4.78 is 5.06. The van der Waals surface area contributed by atoms with E-state index in [-0.39, 0.29) is 18.5 Å². The quantitative estimate of drug-likeness (QED) is 0.753. The summed E-state index contributed by atoms with van der Waals surface area (Å²) in [6, 6.07) is 13.9. The van der Waals surface area contributed by atoms with Crippen LogP contribution >= 0.6 is 11.6 Å². The van der Waals surface area contributed by atoms with Crippen LogP contribution in [0.3, 0.4) is 0 Å². The van der Waals surface area contributed by atoms with Gasteiger partial charge in [0.05, 0.1) is 13.7 Å². The van der Waals surface area contributed by atoms with Gasteiger partial charge in [0.25, 0.3) is 0 Å². The van der Waals surface area contributed by atoms with Crippen molar-refractivity contribution >= 4 is 29.2 Å². The number of rotatable bonds is 7. The smallest absolute Gasteiger partial charge is 0.325 e. The van der Waals surface area contributed by atoms with Crippen LogP contribution in [0.2, 0.25) is 5.02 Å².